The van der Waals surface area contributed by atoms with Gasteiger partial charge in [0.2, 0.25) is 0 Å². The highest BCUT2D eigenvalue weighted by Gasteiger charge is 2.09. The van der Waals surface area contributed by atoms with Gasteiger partial charge in [0.05, 0.1) is 14.2 Å². The van der Waals surface area contributed by atoms with Gasteiger partial charge in [0, 0.05) is 5.56 Å². The van der Waals surface area contributed by atoms with Crippen LogP contribution in [0.15, 0.2) is 48.5 Å². The van der Waals surface area contributed by atoms with Crippen LogP contribution in [0.1, 0.15) is 15.9 Å². The molecule has 0 saturated heterocycles. The zero-order chi connectivity index (χ0) is 16.4. The number of ether oxygens (including phenoxy) is 2. The van der Waals surface area contributed by atoms with Crippen molar-refractivity contribution in [1.82, 2.24) is 0 Å². The number of carbonyl (C=O) groups is 1. The topological polar surface area (TPSA) is 35.5 Å². The zero-order valence-corrected chi connectivity index (χ0v) is 13.4. The maximum Gasteiger partial charge on any atom is 0.150 e. The molecule has 0 aliphatic rings. The van der Waals surface area contributed by atoms with Crippen LogP contribution in [0.3, 0.4) is 0 Å². The third-order valence-electron chi connectivity index (χ3n) is 4.07. The van der Waals surface area contributed by atoms with Gasteiger partial charge in [-0.15, -0.1) is 0 Å². The van der Waals surface area contributed by atoms with E-state index in [0.29, 0.717) is 5.56 Å². The summed E-state index contributed by atoms with van der Waals surface area (Å²) in [5, 5.41) is 1.91. The Morgan fingerprint density at radius 2 is 1.57 bits per heavy atom. The molecule has 0 bridgehead atoms. The van der Waals surface area contributed by atoms with Gasteiger partial charge in [-0.25, -0.2) is 0 Å². The lowest BCUT2D eigenvalue weighted by atomic mass is 9.94. The van der Waals surface area contributed by atoms with Crippen LogP contribution in [0, 0.1) is 6.92 Å². The van der Waals surface area contributed by atoms with Crippen molar-refractivity contribution in [3.05, 3.63) is 59.7 Å². The molecule has 0 unspecified atom stereocenters. The van der Waals surface area contributed by atoms with Crippen molar-refractivity contribution in [2.45, 2.75) is 6.92 Å². The van der Waals surface area contributed by atoms with Gasteiger partial charge < -0.3 is 9.47 Å². The van der Waals surface area contributed by atoms with Gasteiger partial charge in [-0.3, -0.25) is 4.79 Å². The molecule has 0 amide bonds. The van der Waals surface area contributed by atoms with Crippen LogP contribution in [0.5, 0.6) is 11.5 Å². The van der Waals surface area contributed by atoms with Gasteiger partial charge in [0.25, 0.3) is 0 Å². The van der Waals surface area contributed by atoms with Crippen molar-refractivity contribution in [3.63, 3.8) is 0 Å². The summed E-state index contributed by atoms with van der Waals surface area (Å²) in [6.07, 6.45) is 0.893. The Morgan fingerprint density at radius 1 is 0.870 bits per heavy atom. The SMILES string of the molecule is COc1ccc(-c2cc(C=O)c3cc(OC)ccc3c2)c(C)c1. The van der Waals surface area contributed by atoms with E-state index in [-0.39, 0.29) is 0 Å². The largest absolute Gasteiger partial charge is 0.497 e. The van der Waals surface area contributed by atoms with E-state index in [1.165, 1.54) is 0 Å². The summed E-state index contributed by atoms with van der Waals surface area (Å²) in [6, 6.07) is 15.7. The summed E-state index contributed by atoms with van der Waals surface area (Å²) in [4.78, 5) is 11.5. The molecule has 0 heterocycles. The normalized spacial score (nSPS) is 10.6. The number of hydrogen-bond acceptors (Lipinski definition) is 3. The Bertz CT molecular complexity index is 881. The van der Waals surface area contributed by atoms with E-state index >= 15 is 0 Å². The summed E-state index contributed by atoms with van der Waals surface area (Å²) in [6.45, 7) is 2.04. The van der Waals surface area contributed by atoms with Crippen molar-refractivity contribution >= 4 is 17.1 Å². The van der Waals surface area contributed by atoms with Crippen LogP contribution in [-0.2, 0) is 0 Å². The van der Waals surface area contributed by atoms with Gasteiger partial charge in [-0.05, 0) is 70.8 Å². The molecule has 0 spiro atoms. The van der Waals surface area contributed by atoms with Crippen molar-refractivity contribution in [2.24, 2.45) is 0 Å². The predicted molar refractivity (Wildman–Crippen MR) is 92.6 cm³/mol. The fourth-order valence-corrected chi connectivity index (χ4v) is 2.83. The van der Waals surface area contributed by atoms with Gasteiger partial charge in [-0.1, -0.05) is 12.1 Å². The third kappa shape index (κ3) is 2.78. The number of aldehydes is 1. The quantitative estimate of drug-likeness (QED) is 0.658. The predicted octanol–water partition coefficient (Wildman–Crippen LogP) is 4.64. The van der Waals surface area contributed by atoms with E-state index in [1.54, 1.807) is 14.2 Å². The Kier molecular flexibility index (Phi) is 4.02. The number of fused-ring (bicyclic) bond motifs is 1. The Morgan fingerprint density at radius 3 is 2.22 bits per heavy atom. The van der Waals surface area contributed by atoms with Crippen LogP contribution in [-0.4, -0.2) is 20.5 Å². The fraction of sp³-hybridized carbons (Fsp3) is 0.150. The lowest BCUT2D eigenvalue weighted by Gasteiger charge is -2.11. The number of carbonyl (C=O) groups excluding carboxylic acids is 1. The summed E-state index contributed by atoms with van der Waals surface area (Å²) in [5.41, 5.74) is 3.87. The van der Waals surface area contributed by atoms with E-state index in [2.05, 4.69) is 6.07 Å². The van der Waals surface area contributed by atoms with Crippen LogP contribution in [0.4, 0.5) is 0 Å². The summed E-state index contributed by atoms with van der Waals surface area (Å²) < 4.78 is 10.5. The van der Waals surface area contributed by atoms with Crippen molar-refractivity contribution in [1.29, 1.82) is 0 Å². The second-order valence-corrected chi connectivity index (χ2v) is 5.45. The molecule has 0 aromatic heterocycles. The first-order chi connectivity index (χ1) is 11.2. The highest BCUT2D eigenvalue weighted by molar-refractivity contribution is 6.01. The standard InChI is InChI=1S/C20H18O3/c1-13-8-17(22-2)6-7-19(13)15-9-14-4-5-18(23-3)11-20(14)16(10-15)12-21/h4-12H,1-3H3. The zero-order valence-electron chi connectivity index (χ0n) is 13.4. The number of benzene rings is 3. The van der Waals surface area contributed by atoms with E-state index in [4.69, 9.17) is 9.47 Å². The molecule has 0 aliphatic heterocycles. The van der Waals surface area contributed by atoms with Gasteiger partial charge in [0.15, 0.2) is 6.29 Å². The summed E-state index contributed by atoms with van der Waals surface area (Å²) in [5.74, 6) is 1.57. The molecule has 3 nitrogen and oxygen atoms in total. The molecule has 3 aromatic carbocycles. The fourth-order valence-electron chi connectivity index (χ4n) is 2.83. The summed E-state index contributed by atoms with van der Waals surface area (Å²) >= 11 is 0. The average Bonchev–Trinajstić information content (AvgIpc) is 2.60. The maximum absolute atomic E-state index is 11.5. The Labute approximate surface area is 135 Å². The second kappa shape index (κ2) is 6.13. The number of methoxy groups -OCH3 is 2. The van der Waals surface area contributed by atoms with Gasteiger partial charge in [-0.2, -0.15) is 0 Å². The molecule has 0 radical (unpaired) electrons. The molecule has 0 saturated carbocycles. The molecule has 3 rings (SSSR count). The Balaban J connectivity index is 2.21. The lowest BCUT2D eigenvalue weighted by Crippen LogP contribution is -1.91. The molecule has 0 N–H and O–H groups in total. The third-order valence-corrected chi connectivity index (χ3v) is 4.07. The van der Waals surface area contributed by atoms with Crippen molar-refractivity contribution in [2.75, 3.05) is 14.2 Å². The van der Waals surface area contributed by atoms with E-state index in [0.717, 1.165) is 45.2 Å². The van der Waals surface area contributed by atoms with E-state index in [1.807, 2.05) is 49.4 Å². The minimum absolute atomic E-state index is 0.659. The van der Waals surface area contributed by atoms with E-state index < -0.39 is 0 Å². The first-order valence-electron chi connectivity index (χ1n) is 7.38. The van der Waals surface area contributed by atoms with Crippen LogP contribution in [0.25, 0.3) is 21.9 Å². The first-order valence-corrected chi connectivity index (χ1v) is 7.38. The monoisotopic (exact) mass is 306 g/mol. The molecule has 23 heavy (non-hydrogen) atoms. The minimum atomic E-state index is 0.659. The molecule has 0 atom stereocenters. The molecular weight excluding hydrogens is 288 g/mol. The molecule has 3 heteroatoms. The van der Waals surface area contributed by atoms with Crippen LogP contribution >= 0.6 is 0 Å². The highest BCUT2D eigenvalue weighted by atomic mass is 16.5. The van der Waals surface area contributed by atoms with Crippen LogP contribution < -0.4 is 9.47 Å². The van der Waals surface area contributed by atoms with E-state index in [9.17, 15) is 4.79 Å². The highest BCUT2D eigenvalue weighted by Crippen LogP contribution is 2.32. The average molecular weight is 306 g/mol. The van der Waals surface area contributed by atoms with Crippen molar-refractivity contribution < 1.29 is 14.3 Å². The number of aryl methyl sites for hydroxylation is 1. The molecule has 0 fully saturated rings. The molecule has 116 valence electrons. The minimum Gasteiger partial charge on any atom is -0.497 e. The second-order valence-electron chi connectivity index (χ2n) is 5.45. The number of hydrogen-bond donors (Lipinski definition) is 0. The number of rotatable bonds is 4. The molecule has 0 aliphatic carbocycles. The Hall–Kier alpha value is -2.81. The maximum atomic E-state index is 11.5. The van der Waals surface area contributed by atoms with Gasteiger partial charge >= 0.3 is 0 Å². The molecular formula is C20H18O3. The van der Waals surface area contributed by atoms with Crippen molar-refractivity contribution in [3.8, 4) is 22.6 Å². The van der Waals surface area contributed by atoms with Crippen LogP contribution in [0.2, 0.25) is 0 Å². The summed E-state index contributed by atoms with van der Waals surface area (Å²) in [7, 11) is 3.28. The molecule has 3 aromatic rings. The smallest absolute Gasteiger partial charge is 0.150 e. The first kappa shape index (κ1) is 15.1. The lowest BCUT2D eigenvalue weighted by molar-refractivity contribution is 0.112. The van der Waals surface area contributed by atoms with Gasteiger partial charge in [0.1, 0.15) is 11.5 Å².